The molecule has 4 aromatic rings. The lowest BCUT2D eigenvalue weighted by atomic mass is 10.2. The maximum atomic E-state index is 13.2. The van der Waals surface area contributed by atoms with Crippen molar-refractivity contribution < 1.29 is 13.9 Å². The van der Waals surface area contributed by atoms with Gasteiger partial charge in [0.2, 0.25) is 5.91 Å². The fraction of sp³-hybridized carbons (Fsp3) is 0.0417. The van der Waals surface area contributed by atoms with Gasteiger partial charge in [-0.1, -0.05) is 24.3 Å². The molecule has 0 aliphatic carbocycles. The second kappa shape index (κ2) is 9.77. The summed E-state index contributed by atoms with van der Waals surface area (Å²) < 4.78 is 18.9. The first-order chi connectivity index (χ1) is 15.2. The van der Waals surface area contributed by atoms with Crippen LogP contribution in [-0.2, 0) is 11.4 Å². The first-order valence-corrected chi connectivity index (χ1v) is 10.4. The Morgan fingerprint density at radius 1 is 1.10 bits per heavy atom. The van der Waals surface area contributed by atoms with Gasteiger partial charge in [0.25, 0.3) is 0 Å². The molecule has 0 saturated heterocycles. The number of amides is 1. The third kappa shape index (κ3) is 5.83. The minimum absolute atomic E-state index is 0.262. The van der Waals surface area contributed by atoms with Gasteiger partial charge in [0.05, 0.1) is 5.69 Å². The highest BCUT2D eigenvalue weighted by Crippen LogP contribution is 2.24. The molecule has 0 atom stereocenters. The highest BCUT2D eigenvalue weighted by Gasteiger charge is 2.06. The van der Waals surface area contributed by atoms with Crippen LogP contribution in [0.25, 0.3) is 17.3 Å². The van der Waals surface area contributed by atoms with Crippen LogP contribution in [0, 0.1) is 5.82 Å². The van der Waals surface area contributed by atoms with E-state index in [1.165, 1.54) is 29.5 Å². The summed E-state index contributed by atoms with van der Waals surface area (Å²) >= 11 is 1.36. The van der Waals surface area contributed by atoms with E-state index < -0.39 is 0 Å². The van der Waals surface area contributed by atoms with Gasteiger partial charge in [-0.25, -0.2) is 9.37 Å². The number of nitrogens with zero attached hydrogens (tertiary/aromatic N) is 2. The fourth-order valence-electron chi connectivity index (χ4n) is 2.77. The van der Waals surface area contributed by atoms with Crippen LogP contribution in [0.15, 0.2) is 84.5 Å². The lowest BCUT2D eigenvalue weighted by Crippen LogP contribution is -2.07. The van der Waals surface area contributed by atoms with Gasteiger partial charge in [0, 0.05) is 29.4 Å². The smallest absolute Gasteiger partial charge is 0.250 e. The van der Waals surface area contributed by atoms with Crippen molar-refractivity contribution in [3.63, 3.8) is 0 Å². The number of anilines is 1. The number of nitrogens with one attached hydrogen (secondary N) is 1. The van der Waals surface area contributed by atoms with Crippen molar-refractivity contribution in [3.8, 4) is 17.0 Å². The summed E-state index contributed by atoms with van der Waals surface area (Å²) in [6.07, 6.45) is 6.57. The van der Waals surface area contributed by atoms with Gasteiger partial charge < -0.3 is 4.74 Å². The molecule has 2 aromatic heterocycles. The van der Waals surface area contributed by atoms with E-state index in [0.29, 0.717) is 10.9 Å². The van der Waals surface area contributed by atoms with Crippen molar-refractivity contribution in [2.24, 2.45) is 0 Å². The Balaban J connectivity index is 1.30. The summed E-state index contributed by atoms with van der Waals surface area (Å²) in [6, 6.07) is 17.3. The number of rotatable bonds is 7. The normalized spacial score (nSPS) is 10.9. The second-order valence-electron chi connectivity index (χ2n) is 6.58. The highest BCUT2D eigenvalue weighted by molar-refractivity contribution is 7.14. The van der Waals surface area contributed by atoms with Gasteiger partial charge in [0.1, 0.15) is 18.2 Å². The van der Waals surface area contributed by atoms with Crippen LogP contribution in [0.2, 0.25) is 0 Å². The molecule has 4 rings (SSSR count). The van der Waals surface area contributed by atoms with Crippen LogP contribution in [0.1, 0.15) is 11.1 Å². The van der Waals surface area contributed by atoms with Crippen LogP contribution >= 0.6 is 11.3 Å². The lowest BCUT2D eigenvalue weighted by Gasteiger charge is -2.06. The maximum absolute atomic E-state index is 13.2. The molecule has 2 aromatic carbocycles. The highest BCUT2D eigenvalue weighted by atomic mass is 32.1. The Morgan fingerprint density at radius 3 is 2.68 bits per heavy atom. The largest absolute Gasteiger partial charge is 0.489 e. The predicted molar refractivity (Wildman–Crippen MR) is 120 cm³/mol. The topological polar surface area (TPSA) is 64.1 Å². The Labute approximate surface area is 182 Å². The van der Waals surface area contributed by atoms with E-state index in [-0.39, 0.29) is 18.3 Å². The van der Waals surface area contributed by atoms with Gasteiger partial charge in [-0.05, 0) is 53.6 Å². The number of carbonyl (C=O) groups is 1. The third-order valence-corrected chi connectivity index (χ3v) is 5.07. The zero-order chi connectivity index (χ0) is 21.5. The minimum atomic E-state index is -0.286. The quantitative estimate of drug-likeness (QED) is 0.388. The molecule has 5 nitrogen and oxygen atoms in total. The van der Waals surface area contributed by atoms with E-state index in [1.54, 1.807) is 42.7 Å². The number of ether oxygens (including phenoxy) is 1. The first-order valence-electron chi connectivity index (χ1n) is 9.48. The zero-order valence-corrected chi connectivity index (χ0v) is 17.2. The number of carbonyl (C=O) groups excluding carboxylic acids is 1. The van der Waals surface area contributed by atoms with Crippen molar-refractivity contribution in [2.45, 2.75) is 6.61 Å². The number of aromatic nitrogens is 2. The predicted octanol–water partition coefficient (Wildman–Crippen LogP) is 5.58. The molecule has 154 valence electrons. The molecule has 0 aliphatic rings. The number of benzene rings is 2. The molecule has 0 bridgehead atoms. The number of thiazole rings is 1. The molecule has 2 heterocycles. The molecule has 0 saturated carbocycles. The summed E-state index contributed by atoms with van der Waals surface area (Å²) in [7, 11) is 0. The van der Waals surface area contributed by atoms with E-state index in [1.807, 2.05) is 29.6 Å². The van der Waals surface area contributed by atoms with Crippen molar-refractivity contribution in [3.05, 3.63) is 101 Å². The summed E-state index contributed by atoms with van der Waals surface area (Å²) in [5.74, 6) is 0.116. The van der Waals surface area contributed by atoms with Crippen LogP contribution < -0.4 is 10.1 Å². The maximum Gasteiger partial charge on any atom is 0.250 e. The Kier molecular flexibility index (Phi) is 6.44. The van der Waals surface area contributed by atoms with Crippen LogP contribution in [0.4, 0.5) is 9.52 Å². The van der Waals surface area contributed by atoms with Crippen LogP contribution in [0.5, 0.6) is 5.75 Å². The molecule has 0 spiro atoms. The number of halogens is 1. The summed E-state index contributed by atoms with van der Waals surface area (Å²) in [5, 5.41) is 5.18. The van der Waals surface area contributed by atoms with E-state index >= 15 is 0 Å². The Hall–Kier alpha value is -3.84. The molecule has 1 amide bonds. The van der Waals surface area contributed by atoms with E-state index in [0.717, 1.165) is 22.4 Å². The standard InChI is InChI=1S/C24H18FN3O2S/c25-20-3-1-2-18(14-20)15-30-21-7-4-17(5-8-21)6-9-23(29)28-24-27-22(16-31-24)19-10-12-26-13-11-19/h1-14,16H,15H2,(H,27,28,29). The van der Waals surface area contributed by atoms with Crippen LogP contribution in [0.3, 0.4) is 0 Å². The van der Waals surface area contributed by atoms with Gasteiger partial charge in [0.15, 0.2) is 5.13 Å². The molecule has 0 aliphatic heterocycles. The van der Waals surface area contributed by atoms with Crippen LogP contribution in [-0.4, -0.2) is 15.9 Å². The molecule has 0 radical (unpaired) electrons. The van der Waals surface area contributed by atoms with Crippen molar-refractivity contribution >= 4 is 28.5 Å². The Morgan fingerprint density at radius 2 is 1.90 bits per heavy atom. The average Bonchev–Trinajstić information content (AvgIpc) is 3.26. The summed E-state index contributed by atoms with van der Waals surface area (Å²) in [5.41, 5.74) is 3.35. The summed E-state index contributed by atoms with van der Waals surface area (Å²) in [6.45, 7) is 0.282. The zero-order valence-electron chi connectivity index (χ0n) is 16.4. The van der Waals surface area contributed by atoms with E-state index in [4.69, 9.17) is 4.74 Å². The molecular formula is C24H18FN3O2S. The second-order valence-corrected chi connectivity index (χ2v) is 7.44. The van der Waals surface area contributed by atoms with Crippen molar-refractivity contribution in [1.82, 2.24) is 9.97 Å². The first kappa shape index (κ1) is 20.4. The molecule has 1 N–H and O–H groups in total. The summed E-state index contributed by atoms with van der Waals surface area (Å²) in [4.78, 5) is 20.6. The number of hydrogen-bond donors (Lipinski definition) is 1. The van der Waals surface area contributed by atoms with E-state index in [2.05, 4.69) is 15.3 Å². The van der Waals surface area contributed by atoms with Crippen molar-refractivity contribution in [2.75, 3.05) is 5.32 Å². The number of hydrogen-bond acceptors (Lipinski definition) is 5. The van der Waals surface area contributed by atoms with Gasteiger partial charge >= 0.3 is 0 Å². The molecular weight excluding hydrogens is 413 g/mol. The molecule has 0 unspecified atom stereocenters. The van der Waals surface area contributed by atoms with Gasteiger partial charge in [-0.15, -0.1) is 11.3 Å². The van der Waals surface area contributed by atoms with E-state index in [9.17, 15) is 9.18 Å². The van der Waals surface area contributed by atoms with Crippen molar-refractivity contribution in [1.29, 1.82) is 0 Å². The minimum Gasteiger partial charge on any atom is -0.489 e. The molecule has 7 heteroatoms. The fourth-order valence-corrected chi connectivity index (χ4v) is 3.50. The SMILES string of the molecule is O=C(C=Cc1ccc(OCc2cccc(F)c2)cc1)Nc1nc(-c2ccncc2)cs1. The third-order valence-electron chi connectivity index (χ3n) is 4.31. The monoisotopic (exact) mass is 431 g/mol. The van der Waals surface area contributed by atoms with Gasteiger partial charge in [-0.3, -0.25) is 15.1 Å². The molecule has 31 heavy (non-hydrogen) atoms. The average molecular weight is 431 g/mol. The van der Waals surface area contributed by atoms with Gasteiger partial charge in [-0.2, -0.15) is 0 Å². The number of pyridine rings is 1. The Bertz CT molecular complexity index is 1190. The lowest BCUT2D eigenvalue weighted by molar-refractivity contribution is -0.111. The molecule has 0 fully saturated rings.